The van der Waals surface area contributed by atoms with Crippen molar-refractivity contribution in [3.63, 3.8) is 0 Å². The zero-order valence-corrected chi connectivity index (χ0v) is 22.2. The smallest absolute Gasteiger partial charge is 0.241 e. The van der Waals surface area contributed by atoms with Crippen LogP contribution in [0.2, 0.25) is 0 Å². The Labute approximate surface area is 228 Å². The van der Waals surface area contributed by atoms with Gasteiger partial charge in [-0.25, -0.2) is 17.5 Å². The molecule has 0 aliphatic carbocycles. The molecule has 2 atom stereocenters. The number of carbonyl (C=O) groups excluding carboxylic acids is 2. The van der Waals surface area contributed by atoms with Crippen molar-refractivity contribution >= 4 is 21.6 Å². The molecule has 0 bridgehead atoms. The zero-order chi connectivity index (χ0) is 28.0. The van der Waals surface area contributed by atoms with Crippen LogP contribution < -0.4 is 4.72 Å². The highest BCUT2D eigenvalue weighted by molar-refractivity contribution is 7.89. The lowest BCUT2D eigenvalue weighted by Gasteiger charge is -2.28. The number of halogens is 1. The van der Waals surface area contributed by atoms with Crippen LogP contribution in [0, 0.1) is 18.7 Å². The van der Waals surface area contributed by atoms with Crippen LogP contribution in [0.15, 0.2) is 126 Å². The minimum absolute atomic E-state index is 0.0188. The minimum Gasteiger partial charge on any atom is -0.294 e. The molecule has 0 saturated carbocycles. The number of sulfonamides is 1. The van der Waals surface area contributed by atoms with E-state index in [0.29, 0.717) is 16.7 Å². The second-order valence-corrected chi connectivity index (χ2v) is 11.0. The van der Waals surface area contributed by atoms with Crippen LogP contribution in [0.5, 0.6) is 0 Å². The van der Waals surface area contributed by atoms with E-state index >= 15 is 0 Å². The number of Topliss-reactive ketones (excluding diaryl/α,β-unsaturated/α-hetero) is 2. The van der Waals surface area contributed by atoms with Crippen molar-refractivity contribution in [3.05, 3.63) is 149 Å². The van der Waals surface area contributed by atoms with Crippen LogP contribution in [0.4, 0.5) is 4.39 Å². The minimum atomic E-state index is -4.11. The molecule has 5 nitrogen and oxygen atoms in total. The van der Waals surface area contributed by atoms with E-state index in [9.17, 15) is 22.4 Å². The molecule has 198 valence electrons. The van der Waals surface area contributed by atoms with E-state index in [-0.39, 0.29) is 28.5 Å². The summed E-state index contributed by atoms with van der Waals surface area (Å²) in [6, 6.07) is 27.4. The second-order valence-electron chi connectivity index (χ2n) is 9.30. The van der Waals surface area contributed by atoms with Gasteiger partial charge in [-0.3, -0.25) is 9.59 Å². The SMILES string of the molecule is C=C(C[C@@H](C(=O)c1ccccc1)[C@H](NS(=O)(=O)c1ccc(C)cc1)c1ccc(F)cc1)C(=O)c1ccccc1. The van der Waals surface area contributed by atoms with Gasteiger partial charge in [-0.2, -0.15) is 0 Å². The quantitative estimate of drug-likeness (QED) is 0.174. The van der Waals surface area contributed by atoms with E-state index in [1.54, 1.807) is 72.8 Å². The third-order valence-electron chi connectivity index (χ3n) is 6.46. The molecule has 0 spiro atoms. The highest BCUT2D eigenvalue weighted by Gasteiger charge is 2.35. The Balaban J connectivity index is 1.79. The van der Waals surface area contributed by atoms with Crippen LogP contribution in [0.1, 0.15) is 44.3 Å². The largest absolute Gasteiger partial charge is 0.294 e. The van der Waals surface area contributed by atoms with Gasteiger partial charge in [-0.1, -0.05) is 97.1 Å². The van der Waals surface area contributed by atoms with Gasteiger partial charge in [0.05, 0.1) is 10.9 Å². The molecule has 0 amide bonds. The molecular weight excluding hydrogens is 513 g/mol. The fourth-order valence-corrected chi connectivity index (χ4v) is 5.60. The second kappa shape index (κ2) is 12.1. The monoisotopic (exact) mass is 541 g/mol. The molecule has 4 aromatic rings. The maximum atomic E-state index is 13.9. The van der Waals surface area contributed by atoms with Gasteiger partial charge in [0.15, 0.2) is 11.6 Å². The molecule has 0 radical (unpaired) electrons. The lowest BCUT2D eigenvalue weighted by molar-refractivity contribution is 0.0891. The molecular formula is C32H28FNO4S. The summed E-state index contributed by atoms with van der Waals surface area (Å²) in [5.41, 5.74) is 2.17. The molecule has 0 aliphatic heterocycles. The van der Waals surface area contributed by atoms with E-state index < -0.39 is 27.8 Å². The van der Waals surface area contributed by atoms with E-state index in [1.807, 2.05) is 6.92 Å². The number of benzene rings is 4. The van der Waals surface area contributed by atoms with Crippen molar-refractivity contribution in [1.29, 1.82) is 0 Å². The van der Waals surface area contributed by atoms with Gasteiger partial charge in [0.2, 0.25) is 10.0 Å². The van der Waals surface area contributed by atoms with E-state index in [0.717, 1.165) is 5.56 Å². The normalized spacial score (nSPS) is 12.9. The summed E-state index contributed by atoms with van der Waals surface area (Å²) in [7, 11) is -4.11. The number of carbonyl (C=O) groups is 2. The maximum absolute atomic E-state index is 13.9. The first-order valence-electron chi connectivity index (χ1n) is 12.4. The van der Waals surface area contributed by atoms with Gasteiger partial charge < -0.3 is 0 Å². The van der Waals surface area contributed by atoms with Gasteiger partial charge in [-0.05, 0) is 48.7 Å². The van der Waals surface area contributed by atoms with Crippen molar-refractivity contribution in [3.8, 4) is 0 Å². The average molecular weight is 542 g/mol. The average Bonchev–Trinajstić information content (AvgIpc) is 2.95. The summed E-state index contributed by atoms with van der Waals surface area (Å²) in [6.45, 7) is 5.80. The molecule has 0 aromatic heterocycles. The van der Waals surface area contributed by atoms with E-state index in [1.165, 1.54) is 36.4 Å². The predicted molar refractivity (Wildman–Crippen MR) is 149 cm³/mol. The highest BCUT2D eigenvalue weighted by Crippen LogP contribution is 2.33. The van der Waals surface area contributed by atoms with E-state index in [2.05, 4.69) is 11.3 Å². The van der Waals surface area contributed by atoms with Gasteiger partial charge >= 0.3 is 0 Å². The summed E-state index contributed by atoms with van der Waals surface area (Å²) in [4.78, 5) is 27.1. The Morgan fingerprint density at radius 3 is 1.90 bits per heavy atom. The lowest BCUT2D eigenvalue weighted by atomic mass is 9.81. The number of allylic oxidation sites excluding steroid dienone is 1. The molecule has 1 N–H and O–H groups in total. The molecule has 7 heteroatoms. The molecule has 0 aliphatic rings. The molecule has 0 unspecified atom stereocenters. The lowest BCUT2D eigenvalue weighted by Crippen LogP contribution is -2.37. The number of aryl methyl sites for hydroxylation is 1. The molecule has 0 heterocycles. The number of nitrogens with one attached hydrogen (secondary N) is 1. The highest BCUT2D eigenvalue weighted by atomic mass is 32.2. The fourth-order valence-electron chi connectivity index (χ4n) is 4.34. The van der Waals surface area contributed by atoms with Gasteiger partial charge in [0, 0.05) is 17.0 Å². The van der Waals surface area contributed by atoms with Crippen LogP contribution in [0.3, 0.4) is 0 Å². The number of ketones is 2. The Bertz CT molecular complexity index is 1570. The Morgan fingerprint density at radius 1 is 0.795 bits per heavy atom. The summed E-state index contributed by atoms with van der Waals surface area (Å²) in [5, 5.41) is 0. The van der Waals surface area contributed by atoms with Crippen LogP contribution in [-0.4, -0.2) is 20.0 Å². The first kappa shape index (κ1) is 27.8. The number of rotatable bonds is 11. The molecule has 0 saturated heterocycles. The van der Waals surface area contributed by atoms with Crippen LogP contribution in [-0.2, 0) is 10.0 Å². The van der Waals surface area contributed by atoms with E-state index in [4.69, 9.17) is 0 Å². The Kier molecular flexibility index (Phi) is 8.64. The first-order valence-corrected chi connectivity index (χ1v) is 13.9. The third kappa shape index (κ3) is 6.82. The maximum Gasteiger partial charge on any atom is 0.241 e. The van der Waals surface area contributed by atoms with Gasteiger partial charge in [0.25, 0.3) is 0 Å². The third-order valence-corrected chi connectivity index (χ3v) is 7.92. The molecule has 4 rings (SSSR count). The predicted octanol–water partition coefficient (Wildman–Crippen LogP) is 6.48. The standard InChI is InChI=1S/C32H28FNO4S/c1-22-13-19-28(20-14-22)39(37,38)34-30(24-15-17-27(33)18-16-24)29(32(36)26-11-7-4-8-12-26)21-23(2)31(35)25-9-5-3-6-10-25/h3-20,29-30,34H,2,21H2,1H3/t29-,30-/m1/s1. The van der Waals surface area contributed by atoms with Crippen molar-refractivity contribution in [2.45, 2.75) is 24.3 Å². The Morgan fingerprint density at radius 2 is 1.33 bits per heavy atom. The number of hydrogen-bond donors (Lipinski definition) is 1. The van der Waals surface area contributed by atoms with Crippen molar-refractivity contribution in [2.24, 2.45) is 5.92 Å². The Hall–Kier alpha value is -4.20. The van der Waals surface area contributed by atoms with Gasteiger partial charge in [0.1, 0.15) is 5.82 Å². The first-order chi connectivity index (χ1) is 18.7. The van der Waals surface area contributed by atoms with Crippen molar-refractivity contribution in [2.75, 3.05) is 0 Å². The van der Waals surface area contributed by atoms with Crippen molar-refractivity contribution < 1.29 is 22.4 Å². The summed E-state index contributed by atoms with van der Waals surface area (Å²) < 4.78 is 43.6. The topological polar surface area (TPSA) is 80.3 Å². The molecule has 0 fully saturated rings. The van der Waals surface area contributed by atoms with Crippen molar-refractivity contribution in [1.82, 2.24) is 4.72 Å². The molecule has 4 aromatic carbocycles. The van der Waals surface area contributed by atoms with Gasteiger partial charge in [-0.15, -0.1) is 0 Å². The summed E-state index contributed by atoms with van der Waals surface area (Å²) in [5.74, 6) is -2.29. The van der Waals surface area contributed by atoms with Crippen LogP contribution in [0.25, 0.3) is 0 Å². The fraction of sp³-hybridized carbons (Fsp3) is 0.125. The molecule has 39 heavy (non-hydrogen) atoms. The number of hydrogen-bond acceptors (Lipinski definition) is 4. The zero-order valence-electron chi connectivity index (χ0n) is 21.4. The van der Waals surface area contributed by atoms with Crippen LogP contribution >= 0.6 is 0 Å². The summed E-state index contributed by atoms with van der Waals surface area (Å²) >= 11 is 0. The summed E-state index contributed by atoms with van der Waals surface area (Å²) in [6.07, 6.45) is -0.125.